The van der Waals surface area contributed by atoms with Gasteiger partial charge in [-0.15, -0.1) is 0 Å². The Morgan fingerprint density at radius 2 is 1.94 bits per heavy atom. The number of carbonyl (C=O) groups excluding carboxylic acids is 2. The summed E-state index contributed by atoms with van der Waals surface area (Å²) in [6, 6.07) is 0.247. The van der Waals surface area contributed by atoms with Gasteiger partial charge in [0.25, 0.3) is 0 Å². The van der Waals surface area contributed by atoms with Gasteiger partial charge in [0.05, 0.1) is 19.8 Å². The Morgan fingerprint density at radius 1 is 1.29 bits per heavy atom. The van der Waals surface area contributed by atoms with Gasteiger partial charge in [-0.05, 0) is 20.8 Å². The zero-order valence-electron chi connectivity index (χ0n) is 11.2. The molecule has 5 nitrogen and oxygen atoms in total. The average molecular weight is 245 g/mol. The van der Waals surface area contributed by atoms with E-state index >= 15 is 0 Å². The molecule has 0 N–H and O–H groups in total. The van der Waals surface area contributed by atoms with Crippen LogP contribution in [0.5, 0.6) is 0 Å². The minimum absolute atomic E-state index is 0.117. The van der Waals surface area contributed by atoms with Crippen LogP contribution in [0.2, 0.25) is 0 Å². The van der Waals surface area contributed by atoms with Gasteiger partial charge in [0.2, 0.25) is 0 Å². The second-order valence-corrected chi connectivity index (χ2v) is 4.08. The van der Waals surface area contributed by atoms with Gasteiger partial charge in [-0.25, -0.2) is 0 Å². The van der Waals surface area contributed by atoms with Crippen molar-refractivity contribution in [2.45, 2.75) is 33.2 Å². The van der Waals surface area contributed by atoms with E-state index in [0.29, 0.717) is 19.8 Å². The maximum atomic E-state index is 11.6. The number of methoxy groups -OCH3 is 1. The molecule has 0 amide bonds. The number of hydrogen-bond donors (Lipinski definition) is 0. The molecule has 0 bridgehead atoms. The summed E-state index contributed by atoms with van der Waals surface area (Å²) in [4.78, 5) is 24.7. The number of hydrogen-bond acceptors (Lipinski definition) is 5. The van der Waals surface area contributed by atoms with Crippen LogP contribution >= 0.6 is 0 Å². The zero-order valence-corrected chi connectivity index (χ0v) is 11.2. The molecule has 0 aliphatic heterocycles. The molecule has 0 saturated carbocycles. The summed E-state index contributed by atoms with van der Waals surface area (Å²) in [6.45, 7) is 7.57. The first-order chi connectivity index (χ1) is 8.01. The molecular formula is C12H23NO4. The van der Waals surface area contributed by atoms with Gasteiger partial charge >= 0.3 is 5.97 Å². The molecule has 0 spiro atoms. The van der Waals surface area contributed by atoms with Gasteiger partial charge in [-0.1, -0.05) is 0 Å². The van der Waals surface area contributed by atoms with E-state index in [-0.39, 0.29) is 24.8 Å². The molecule has 0 aromatic heterocycles. The van der Waals surface area contributed by atoms with Crippen LogP contribution in [-0.2, 0) is 19.1 Å². The van der Waals surface area contributed by atoms with Crippen LogP contribution in [0.15, 0.2) is 0 Å². The normalized spacial score (nSPS) is 10.9. The lowest BCUT2D eigenvalue weighted by Crippen LogP contribution is -2.38. The minimum atomic E-state index is -0.451. The molecule has 0 heterocycles. The van der Waals surface area contributed by atoms with Gasteiger partial charge in [0.1, 0.15) is 6.42 Å². The summed E-state index contributed by atoms with van der Waals surface area (Å²) >= 11 is 0. The summed E-state index contributed by atoms with van der Waals surface area (Å²) < 4.78 is 9.71. The number of Topliss-reactive ketones (excluding diaryl/α,β-unsaturated/α-hetero) is 1. The van der Waals surface area contributed by atoms with Crippen LogP contribution in [0.1, 0.15) is 27.2 Å². The lowest BCUT2D eigenvalue weighted by molar-refractivity contribution is -0.145. The van der Waals surface area contributed by atoms with Gasteiger partial charge in [-0.2, -0.15) is 0 Å². The Bertz CT molecular complexity index is 241. The first kappa shape index (κ1) is 16.1. The molecule has 0 radical (unpaired) electrons. The molecule has 0 aromatic rings. The fourth-order valence-corrected chi connectivity index (χ4v) is 1.38. The summed E-state index contributed by atoms with van der Waals surface area (Å²) in [5.74, 6) is -0.568. The molecular weight excluding hydrogens is 222 g/mol. The largest absolute Gasteiger partial charge is 0.466 e. The van der Waals surface area contributed by atoms with Crippen molar-refractivity contribution >= 4 is 11.8 Å². The predicted molar refractivity (Wildman–Crippen MR) is 64.8 cm³/mol. The van der Waals surface area contributed by atoms with E-state index in [0.717, 1.165) is 0 Å². The Labute approximate surface area is 103 Å². The van der Waals surface area contributed by atoms with Crippen molar-refractivity contribution in [3.8, 4) is 0 Å². The highest BCUT2D eigenvalue weighted by Gasteiger charge is 2.16. The summed E-state index contributed by atoms with van der Waals surface area (Å²) in [5.41, 5.74) is 0. The standard InChI is InChI=1S/C12H23NO4/c1-5-17-12(15)8-11(14)9-13(10(2)3)6-7-16-4/h10H,5-9H2,1-4H3. The van der Waals surface area contributed by atoms with E-state index in [4.69, 9.17) is 9.47 Å². The number of ketones is 1. The number of carbonyl (C=O) groups is 2. The van der Waals surface area contributed by atoms with Crippen molar-refractivity contribution in [1.82, 2.24) is 4.90 Å². The smallest absolute Gasteiger partial charge is 0.313 e. The Balaban J connectivity index is 4.07. The van der Waals surface area contributed by atoms with Gasteiger partial charge < -0.3 is 9.47 Å². The fourth-order valence-electron chi connectivity index (χ4n) is 1.38. The molecule has 0 fully saturated rings. The van der Waals surface area contributed by atoms with E-state index < -0.39 is 5.97 Å². The molecule has 0 aliphatic rings. The van der Waals surface area contributed by atoms with Gasteiger partial charge in [0.15, 0.2) is 5.78 Å². The third kappa shape index (κ3) is 7.88. The molecule has 0 aliphatic carbocycles. The highest BCUT2D eigenvalue weighted by Crippen LogP contribution is 2.00. The van der Waals surface area contributed by atoms with Gasteiger partial charge in [0, 0.05) is 19.7 Å². The number of rotatable bonds is 9. The van der Waals surface area contributed by atoms with Crippen molar-refractivity contribution in [1.29, 1.82) is 0 Å². The molecule has 5 heteroatoms. The molecule has 17 heavy (non-hydrogen) atoms. The van der Waals surface area contributed by atoms with Crippen molar-refractivity contribution in [3.63, 3.8) is 0 Å². The van der Waals surface area contributed by atoms with Crippen LogP contribution < -0.4 is 0 Å². The zero-order chi connectivity index (χ0) is 13.3. The predicted octanol–water partition coefficient (Wildman–Crippen LogP) is 0.866. The van der Waals surface area contributed by atoms with E-state index in [1.807, 2.05) is 18.7 Å². The number of nitrogens with zero attached hydrogens (tertiary/aromatic N) is 1. The van der Waals surface area contributed by atoms with Gasteiger partial charge in [-0.3, -0.25) is 14.5 Å². The first-order valence-corrected chi connectivity index (χ1v) is 5.91. The molecule has 0 atom stereocenters. The molecule has 0 unspecified atom stereocenters. The maximum absolute atomic E-state index is 11.6. The van der Waals surface area contributed by atoms with E-state index in [1.54, 1.807) is 14.0 Å². The van der Waals surface area contributed by atoms with Crippen LogP contribution in [-0.4, -0.2) is 56.1 Å². The lowest BCUT2D eigenvalue weighted by atomic mass is 10.2. The first-order valence-electron chi connectivity index (χ1n) is 5.91. The minimum Gasteiger partial charge on any atom is -0.466 e. The number of ether oxygens (including phenoxy) is 2. The van der Waals surface area contributed by atoms with Crippen molar-refractivity contribution < 1.29 is 19.1 Å². The number of esters is 1. The second-order valence-electron chi connectivity index (χ2n) is 4.08. The lowest BCUT2D eigenvalue weighted by Gasteiger charge is -2.25. The Hall–Kier alpha value is -0.940. The molecule has 0 aromatic carbocycles. The molecule has 100 valence electrons. The summed E-state index contributed by atoms with van der Waals surface area (Å²) in [5, 5.41) is 0. The quantitative estimate of drug-likeness (QED) is 0.445. The van der Waals surface area contributed by atoms with Crippen LogP contribution in [0, 0.1) is 0 Å². The van der Waals surface area contributed by atoms with E-state index in [1.165, 1.54) is 0 Å². The van der Waals surface area contributed by atoms with Crippen molar-refractivity contribution in [3.05, 3.63) is 0 Å². The Morgan fingerprint density at radius 3 is 2.41 bits per heavy atom. The highest BCUT2D eigenvalue weighted by atomic mass is 16.5. The summed E-state index contributed by atoms with van der Waals surface area (Å²) in [6.07, 6.45) is -0.149. The summed E-state index contributed by atoms with van der Waals surface area (Å²) in [7, 11) is 1.62. The fraction of sp³-hybridized carbons (Fsp3) is 0.833. The average Bonchev–Trinajstić information content (AvgIpc) is 2.23. The maximum Gasteiger partial charge on any atom is 0.313 e. The van der Waals surface area contributed by atoms with Crippen LogP contribution in [0.4, 0.5) is 0 Å². The van der Waals surface area contributed by atoms with E-state index in [2.05, 4.69) is 0 Å². The highest BCUT2D eigenvalue weighted by molar-refractivity contribution is 5.96. The van der Waals surface area contributed by atoms with Crippen molar-refractivity contribution in [2.24, 2.45) is 0 Å². The SMILES string of the molecule is CCOC(=O)CC(=O)CN(CCOC)C(C)C. The monoisotopic (exact) mass is 245 g/mol. The molecule has 0 rings (SSSR count). The van der Waals surface area contributed by atoms with Crippen LogP contribution in [0.3, 0.4) is 0 Å². The third-order valence-electron chi connectivity index (χ3n) is 2.34. The second kappa shape index (κ2) is 9.13. The van der Waals surface area contributed by atoms with Crippen LogP contribution in [0.25, 0.3) is 0 Å². The molecule has 0 saturated heterocycles. The van der Waals surface area contributed by atoms with E-state index in [9.17, 15) is 9.59 Å². The topological polar surface area (TPSA) is 55.8 Å². The Kier molecular flexibility index (Phi) is 8.62. The third-order valence-corrected chi connectivity index (χ3v) is 2.34. The van der Waals surface area contributed by atoms with Crippen molar-refractivity contribution in [2.75, 3.05) is 33.4 Å².